The van der Waals surface area contributed by atoms with Gasteiger partial charge in [-0.3, -0.25) is 14.7 Å². The van der Waals surface area contributed by atoms with E-state index >= 15 is 0 Å². The first-order valence-corrected chi connectivity index (χ1v) is 10.9. The van der Waals surface area contributed by atoms with Crippen LogP contribution >= 0.6 is 0 Å². The lowest BCUT2D eigenvalue weighted by molar-refractivity contribution is 0.0629. The van der Waals surface area contributed by atoms with Crippen molar-refractivity contribution in [3.05, 3.63) is 72.2 Å². The van der Waals surface area contributed by atoms with Gasteiger partial charge in [-0.1, -0.05) is 24.3 Å². The van der Waals surface area contributed by atoms with Crippen LogP contribution in [-0.2, 0) is 6.54 Å². The molecule has 0 unspecified atom stereocenters. The molecule has 0 aliphatic carbocycles. The van der Waals surface area contributed by atoms with Crippen LogP contribution in [0.2, 0.25) is 0 Å². The first-order chi connectivity index (χ1) is 15.6. The van der Waals surface area contributed by atoms with E-state index in [0.29, 0.717) is 18.7 Å². The van der Waals surface area contributed by atoms with Gasteiger partial charge in [0.15, 0.2) is 0 Å². The van der Waals surface area contributed by atoms with Crippen molar-refractivity contribution in [2.24, 2.45) is 0 Å². The van der Waals surface area contributed by atoms with E-state index in [1.165, 1.54) is 5.56 Å². The topological polar surface area (TPSA) is 65.5 Å². The number of para-hydroxylation sites is 1. The lowest BCUT2D eigenvalue weighted by atomic mass is 10.1. The second kappa shape index (κ2) is 8.51. The van der Waals surface area contributed by atoms with Crippen molar-refractivity contribution < 1.29 is 4.79 Å². The molecule has 1 aliphatic heterocycles. The van der Waals surface area contributed by atoms with E-state index in [2.05, 4.69) is 44.1 Å². The number of hydrogen-bond acceptors (Lipinski definition) is 6. The highest BCUT2D eigenvalue weighted by Crippen LogP contribution is 2.23. The van der Waals surface area contributed by atoms with Gasteiger partial charge < -0.3 is 9.80 Å². The Kier molecular flexibility index (Phi) is 5.41. The van der Waals surface area contributed by atoms with E-state index in [1.807, 2.05) is 54.4 Å². The molecule has 7 heteroatoms. The monoisotopic (exact) mass is 426 g/mol. The molecule has 162 valence electrons. The maximum atomic E-state index is 13.1. The summed E-state index contributed by atoms with van der Waals surface area (Å²) in [6, 6.07) is 16.1. The molecule has 1 amide bonds. The molecule has 0 atom stereocenters. The molecule has 0 radical (unpaired) electrons. The Morgan fingerprint density at radius 3 is 2.59 bits per heavy atom. The summed E-state index contributed by atoms with van der Waals surface area (Å²) < 4.78 is 0. The van der Waals surface area contributed by atoms with Crippen LogP contribution in [0.15, 0.2) is 61.1 Å². The van der Waals surface area contributed by atoms with E-state index in [1.54, 1.807) is 6.33 Å². The summed E-state index contributed by atoms with van der Waals surface area (Å²) in [4.78, 5) is 32.7. The van der Waals surface area contributed by atoms with E-state index in [0.717, 1.165) is 47.3 Å². The SMILES string of the molecule is CN(C)c1ncnc2cc(C(=O)N3CCN(Cc4cccc5cccnc45)CC3)ccc12. The van der Waals surface area contributed by atoms with Crippen LogP contribution in [-0.4, -0.2) is 70.9 Å². The lowest BCUT2D eigenvalue weighted by Gasteiger charge is -2.35. The number of hydrogen-bond donors (Lipinski definition) is 0. The molecule has 1 saturated heterocycles. The normalized spacial score (nSPS) is 14.8. The molecule has 4 aromatic rings. The molecule has 0 N–H and O–H groups in total. The number of pyridine rings is 1. The molecule has 2 aromatic heterocycles. The maximum Gasteiger partial charge on any atom is 0.254 e. The van der Waals surface area contributed by atoms with E-state index < -0.39 is 0 Å². The third kappa shape index (κ3) is 3.87. The lowest BCUT2D eigenvalue weighted by Crippen LogP contribution is -2.48. The predicted octanol–water partition coefficient (Wildman–Crippen LogP) is 3.20. The van der Waals surface area contributed by atoms with Gasteiger partial charge >= 0.3 is 0 Å². The Morgan fingerprint density at radius 1 is 0.969 bits per heavy atom. The summed E-state index contributed by atoms with van der Waals surface area (Å²) in [5, 5.41) is 2.11. The molecule has 7 nitrogen and oxygen atoms in total. The van der Waals surface area contributed by atoms with Crippen molar-refractivity contribution >= 4 is 33.5 Å². The van der Waals surface area contributed by atoms with Crippen LogP contribution in [0, 0.1) is 0 Å². The summed E-state index contributed by atoms with van der Waals surface area (Å²) in [5.74, 6) is 0.911. The Labute approximate surface area is 187 Å². The molecule has 5 rings (SSSR count). The number of amides is 1. The zero-order valence-corrected chi connectivity index (χ0v) is 18.4. The molecule has 0 saturated carbocycles. The fourth-order valence-electron chi connectivity index (χ4n) is 4.36. The van der Waals surface area contributed by atoms with Gasteiger partial charge in [0.05, 0.1) is 11.0 Å². The van der Waals surface area contributed by atoms with Crippen molar-refractivity contribution in [3.63, 3.8) is 0 Å². The first-order valence-electron chi connectivity index (χ1n) is 10.9. The van der Waals surface area contributed by atoms with Gasteiger partial charge in [-0.15, -0.1) is 0 Å². The second-order valence-corrected chi connectivity index (χ2v) is 8.38. The van der Waals surface area contributed by atoms with Crippen molar-refractivity contribution in [1.29, 1.82) is 0 Å². The van der Waals surface area contributed by atoms with Crippen molar-refractivity contribution in [1.82, 2.24) is 24.8 Å². The maximum absolute atomic E-state index is 13.1. The Bertz CT molecular complexity index is 1270. The Hall–Kier alpha value is -3.58. The second-order valence-electron chi connectivity index (χ2n) is 8.38. The van der Waals surface area contributed by atoms with Gasteiger partial charge in [0, 0.05) is 69.4 Å². The fraction of sp³-hybridized carbons (Fsp3) is 0.280. The number of fused-ring (bicyclic) bond motifs is 2. The minimum Gasteiger partial charge on any atom is -0.362 e. The van der Waals surface area contributed by atoms with E-state index in [4.69, 9.17) is 0 Å². The molecule has 0 bridgehead atoms. The summed E-state index contributed by atoms with van der Waals surface area (Å²) in [5.41, 5.74) is 3.75. The van der Waals surface area contributed by atoms with Crippen LogP contribution in [0.25, 0.3) is 21.8 Å². The zero-order valence-electron chi connectivity index (χ0n) is 18.4. The number of carbonyl (C=O) groups excluding carboxylic acids is 1. The minimum absolute atomic E-state index is 0.0587. The standard InChI is InChI=1S/C25H26N6O/c1-29(2)24-21-9-8-19(15-22(21)27-17-28-24)25(32)31-13-11-30(12-14-31)16-20-6-3-5-18-7-4-10-26-23(18)20/h3-10,15,17H,11-14,16H2,1-2H3. The van der Waals surface area contributed by atoms with Crippen molar-refractivity contribution in [3.8, 4) is 0 Å². The van der Waals surface area contributed by atoms with Crippen molar-refractivity contribution in [2.75, 3.05) is 45.2 Å². The number of aromatic nitrogens is 3. The number of benzene rings is 2. The highest BCUT2D eigenvalue weighted by atomic mass is 16.2. The van der Waals surface area contributed by atoms with Crippen LogP contribution in [0.5, 0.6) is 0 Å². The highest BCUT2D eigenvalue weighted by Gasteiger charge is 2.23. The van der Waals surface area contributed by atoms with Crippen LogP contribution in [0.4, 0.5) is 5.82 Å². The number of anilines is 1. The molecule has 3 heterocycles. The number of carbonyl (C=O) groups is 1. The van der Waals surface area contributed by atoms with Gasteiger partial charge in [-0.25, -0.2) is 9.97 Å². The molecular formula is C25H26N6O. The smallest absolute Gasteiger partial charge is 0.254 e. The number of piperazine rings is 1. The summed E-state index contributed by atoms with van der Waals surface area (Å²) in [6.07, 6.45) is 3.39. The summed E-state index contributed by atoms with van der Waals surface area (Å²) in [6.45, 7) is 3.95. The molecule has 0 spiro atoms. The third-order valence-electron chi connectivity index (χ3n) is 6.06. The molecular weight excluding hydrogens is 400 g/mol. The van der Waals surface area contributed by atoms with Crippen LogP contribution in [0.1, 0.15) is 15.9 Å². The Balaban J connectivity index is 1.27. The molecule has 1 fully saturated rings. The summed E-state index contributed by atoms with van der Waals surface area (Å²) >= 11 is 0. The molecule has 2 aromatic carbocycles. The average molecular weight is 427 g/mol. The fourth-order valence-corrected chi connectivity index (χ4v) is 4.36. The largest absolute Gasteiger partial charge is 0.362 e. The van der Waals surface area contributed by atoms with Gasteiger partial charge in [0.2, 0.25) is 0 Å². The molecule has 1 aliphatic rings. The first kappa shape index (κ1) is 20.3. The van der Waals surface area contributed by atoms with Crippen molar-refractivity contribution in [2.45, 2.75) is 6.54 Å². The number of nitrogens with zero attached hydrogens (tertiary/aromatic N) is 6. The predicted molar refractivity (Wildman–Crippen MR) is 127 cm³/mol. The van der Waals surface area contributed by atoms with E-state index in [9.17, 15) is 4.79 Å². The quantitative estimate of drug-likeness (QED) is 0.499. The number of rotatable bonds is 4. The van der Waals surface area contributed by atoms with Gasteiger partial charge in [-0.05, 0) is 29.8 Å². The van der Waals surface area contributed by atoms with Gasteiger partial charge in [0.1, 0.15) is 12.1 Å². The Morgan fingerprint density at radius 2 is 1.78 bits per heavy atom. The van der Waals surface area contributed by atoms with Crippen LogP contribution in [0.3, 0.4) is 0 Å². The van der Waals surface area contributed by atoms with E-state index in [-0.39, 0.29) is 5.91 Å². The third-order valence-corrected chi connectivity index (χ3v) is 6.06. The highest BCUT2D eigenvalue weighted by molar-refractivity contribution is 5.99. The molecule has 32 heavy (non-hydrogen) atoms. The van der Waals surface area contributed by atoms with Crippen LogP contribution < -0.4 is 4.90 Å². The minimum atomic E-state index is 0.0587. The van der Waals surface area contributed by atoms with Gasteiger partial charge in [0.25, 0.3) is 5.91 Å². The summed E-state index contributed by atoms with van der Waals surface area (Å²) in [7, 11) is 3.91. The average Bonchev–Trinajstić information content (AvgIpc) is 2.83. The zero-order chi connectivity index (χ0) is 22.1. The van der Waals surface area contributed by atoms with Gasteiger partial charge in [-0.2, -0.15) is 0 Å².